The zero-order valence-electron chi connectivity index (χ0n) is 8.76. The highest BCUT2D eigenvalue weighted by atomic mass is 19.4. The molecule has 16 heavy (non-hydrogen) atoms. The average Bonchev–Trinajstić information content (AvgIpc) is 2.19. The summed E-state index contributed by atoms with van der Waals surface area (Å²) in [6, 6.07) is 1.58. The third kappa shape index (κ3) is 2.29. The van der Waals surface area contributed by atoms with E-state index in [0.717, 1.165) is 19.2 Å². The topological polar surface area (TPSA) is 52.3 Å². The van der Waals surface area contributed by atoms with E-state index in [1.807, 2.05) is 0 Å². The fourth-order valence-electron chi connectivity index (χ4n) is 1.27. The van der Waals surface area contributed by atoms with Gasteiger partial charge in [0.25, 0.3) is 0 Å². The highest BCUT2D eigenvalue weighted by molar-refractivity contribution is 6.73. The molecule has 0 radical (unpaired) electrons. The molecule has 0 aromatic heterocycles. The Hall–Kier alpha value is -1.66. The number of ether oxygens (including phenoxy) is 1. The first-order chi connectivity index (χ1) is 7.27. The van der Waals surface area contributed by atoms with Gasteiger partial charge in [-0.25, -0.2) is 4.79 Å². The van der Waals surface area contributed by atoms with Gasteiger partial charge in [0.2, 0.25) is 0 Å². The summed E-state index contributed by atoms with van der Waals surface area (Å²) in [5.41, 5.74) is 4.57. The summed E-state index contributed by atoms with van der Waals surface area (Å²) < 4.78 is 41.9. The van der Waals surface area contributed by atoms with Gasteiger partial charge in [0, 0.05) is 5.69 Å². The van der Waals surface area contributed by atoms with Gasteiger partial charge in [-0.05, 0) is 12.5 Å². The molecule has 0 atom stereocenters. The number of halogens is 3. The van der Waals surface area contributed by atoms with Gasteiger partial charge in [-0.3, -0.25) is 0 Å². The molecular formula is C9H10BF3NO2-. The van der Waals surface area contributed by atoms with E-state index in [-0.39, 0.29) is 16.8 Å². The summed E-state index contributed by atoms with van der Waals surface area (Å²) in [5, 5.41) is 0. The molecule has 0 amide bonds. The van der Waals surface area contributed by atoms with Gasteiger partial charge in [-0.1, -0.05) is 12.1 Å². The summed E-state index contributed by atoms with van der Waals surface area (Å²) in [6.07, 6.45) is 0. The number of rotatable bonds is 2. The van der Waals surface area contributed by atoms with E-state index in [1.54, 1.807) is 0 Å². The third-order valence-corrected chi connectivity index (χ3v) is 2.25. The number of carbonyl (C=O) groups is 1. The molecule has 1 aromatic carbocycles. The van der Waals surface area contributed by atoms with Gasteiger partial charge in [-0.15, -0.1) is 5.46 Å². The average molecular weight is 232 g/mol. The van der Waals surface area contributed by atoms with Crippen LogP contribution >= 0.6 is 0 Å². The zero-order chi connectivity index (χ0) is 12.5. The van der Waals surface area contributed by atoms with E-state index < -0.39 is 18.4 Å². The first kappa shape index (κ1) is 12.4. The van der Waals surface area contributed by atoms with Crippen molar-refractivity contribution >= 4 is 24.1 Å². The van der Waals surface area contributed by atoms with Crippen LogP contribution in [0.25, 0.3) is 0 Å². The van der Waals surface area contributed by atoms with Crippen LogP contribution in [0.5, 0.6) is 0 Å². The predicted molar refractivity (Wildman–Crippen MR) is 55.6 cm³/mol. The minimum absolute atomic E-state index is 0.0721. The van der Waals surface area contributed by atoms with Crippen LogP contribution in [0.1, 0.15) is 15.9 Å². The second kappa shape index (κ2) is 4.07. The number of nitrogens with two attached hydrogens (primary N) is 1. The standard InChI is InChI=1S/C9H10BF3NO2/c1-5-7(9(15)16-2)3-6(4-8(5)14)10(11,12)13/h3-4H,14H2,1-2H3/q-1. The van der Waals surface area contributed by atoms with Crippen LogP contribution in [0.15, 0.2) is 12.1 Å². The molecular weight excluding hydrogens is 222 g/mol. The van der Waals surface area contributed by atoms with Gasteiger partial charge >= 0.3 is 12.9 Å². The van der Waals surface area contributed by atoms with Crippen LogP contribution in [0.3, 0.4) is 0 Å². The van der Waals surface area contributed by atoms with Crippen LogP contribution in [0.2, 0.25) is 0 Å². The molecule has 0 heterocycles. The van der Waals surface area contributed by atoms with Crippen molar-refractivity contribution in [2.24, 2.45) is 0 Å². The Balaban J connectivity index is 3.39. The summed E-state index contributed by atoms with van der Waals surface area (Å²) in [4.78, 5) is 11.2. The van der Waals surface area contributed by atoms with Crippen molar-refractivity contribution in [2.45, 2.75) is 6.92 Å². The van der Waals surface area contributed by atoms with Gasteiger partial charge in [-0.2, -0.15) is 0 Å². The third-order valence-electron chi connectivity index (χ3n) is 2.25. The highest BCUT2D eigenvalue weighted by Crippen LogP contribution is 2.19. The van der Waals surface area contributed by atoms with Crippen molar-refractivity contribution in [1.29, 1.82) is 0 Å². The van der Waals surface area contributed by atoms with Crippen LogP contribution in [0, 0.1) is 6.92 Å². The van der Waals surface area contributed by atoms with Gasteiger partial charge in [0.05, 0.1) is 12.7 Å². The lowest BCUT2D eigenvalue weighted by atomic mass is 9.78. The Labute approximate surface area is 90.4 Å². The minimum atomic E-state index is -5.18. The molecule has 0 spiro atoms. The lowest BCUT2D eigenvalue weighted by Crippen LogP contribution is -2.35. The van der Waals surface area contributed by atoms with Crippen molar-refractivity contribution in [2.75, 3.05) is 12.8 Å². The van der Waals surface area contributed by atoms with Crippen LogP contribution in [0.4, 0.5) is 18.6 Å². The Morgan fingerprint density at radius 2 is 1.94 bits per heavy atom. The number of carbonyl (C=O) groups excluding carboxylic acids is 1. The maximum atomic E-state index is 12.5. The van der Waals surface area contributed by atoms with E-state index in [0.29, 0.717) is 0 Å². The summed E-state index contributed by atoms with van der Waals surface area (Å²) in [7, 11) is 1.10. The Bertz CT molecular complexity index is 431. The molecule has 88 valence electrons. The quantitative estimate of drug-likeness (QED) is 0.476. The molecule has 3 nitrogen and oxygen atoms in total. The lowest BCUT2D eigenvalue weighted by Gasteiger charge is -2.18. The van der Waals surface area contributed by atoms with E-state index in [1.165, 1.54) is 6.92 Å². The van der Waals surface area contributed by atoms with Crippen LogP contribution in [-0.4, -0.2) is 20.1 Å². The summed E-state index contributed by atoms with van der Waals surface area (Å²) in [6.45, 7) is -3.71. The van der Waals surface area contributed by atoms with Crippen molar-refractivity contribution in [3.8, 4) is 0 Å². The molecule has 0 aliphatic rings. The molecule has 0 aliphatic heterocycles. The smallest absolute Gasteiger partial charge is 0.465 e. The second-order valence-corrected chi connectivity index (χ2v) is 3.35. The fourth-order valence-corrected chi connectivity index (χ4v) is 1.27. The van der Waals surface area contributed by atoms with Crippen LogP contribution in [-0.2, 0) is 4.74 Å². The highest BCUT2D eigenvalue weighted by Gasteiger charge is 2.27. The predicted octanol–water partition coefficient (Wildman–Crippen LogP) is 1.42. The fraction of sp³-hybridized carbons (Fsp3) is 0.222. The van der Waals surface area contributed by atoms with E-state index >= 15 is 0 Å². The number of esters is 1. The maximum absolute atomic E-state index is 12.5. The SMILES string of the molecule is COC(=O)c1cc([B-](F)(F)F)cc(N)c1C. The largest absolute Gasteiger partial charge is 0.509 e. The summed E-state index contributed by atoms with van der Waals surface area (Å²) >= 11 is 0. The monoisotopic (exact) mass is 232 g/mol. The number of hydrogen-bond acceptors (Lipinski definition) is 3. The van der Waals surface area contributed by atoms with Crippen molar-refractivity contribution in [1.82, 2.24) is 0 Å². The second-order valence-electron chi connectivity index (χ2n) is 3.35. The molecule has 0 fully saturated rings. The Kier molecular flexibility index (Phi) is 3.16. The maximum Gasteiger partial charge on any atom is 0.509 e. The van der Waals surface area contributed by atoms with Crippen molar-refractivity contribution in [3.63, 3.8) is 0 Å². The Morgan fingerprint density at radius 3 is 2.38 bits per heavy atom. The molecule has 7 heteroatoms. The number of benzene rings is 1. The lowest BCUT2D eigenvalue weighted by molar-refractivity contribution is 0.0600. The molecule has 1 rings (SSSR count). The summed E-state index contributed by atoms with van der Waals surface area (Å²) in [5.74, 6) is -0.828. The van der Waals surface area contributed by atoms with Gasteiger partial charge < -0.3 is 23.4 Å². The molecule has 0 bridgehead atoms. The van der Waals surface area contributed by atoms with E-state index in [2.05, 4.69) is 4.74 Å². The van der Waals surface area contributed by atoms with E-state index in [4.69, 9.17) is 5.73 Å². The Morgan fingerprint density at radius 1 is 1.38 bits per heavy atom. The molecule has 0 unspecified atom stereocenters. The first-order valence-electron chi connectivity index (χ1n) is 4.45. The number of anilines is 1. The molecule has 0 aliphatic carbocycles. The molecule has 0 saturated carbocycles. The van der Waals surface area contributed by atoms with Gasteiger partial charge in [0.15, 0.2) is 0 Å². The first-order valence-corrected chi connectivity index (χ1v) is 4.45. The van der Waals surface area contributed by atoms with Crippen molar-refractivity contribution in [3.05, 3.63) is 23.3 Å². The molecule has 1 aromatic rings. The van der Waals surface area contributed by atoms with Gasteiger partial charge in [0.1, 0.15) is 0 Å². The van der Waals surface area contributed by atoms with Crippen molar-refractivity contribution < 1.29 is 22.5 Å². The number of hydrogen-bond donors (Lipinski definition) is 1. The normalized spacial score (nSPS) is 11.3. The minimum Gasteiger partial charge on any atom is -0.465 e. The van der Waals surface area contributed by atoms with Crippen LogP contribution < -0.4 is 11.2 Å². The number of nitrogen functional groups attached to an aromatic ring is 1. The van der Waals surface area contributed by atoms with E-state index in [9.17, 15) is 17.7 Å². The zero-order valence-corrected chi connectivity index (χ0v) is 8.76. The molecule has 2 N–H and O–H groups in total. The molecule has 0 saturated heterocycles. The number of methoxy groups -OCH3 is 1.